The quantitative estimate of drug-likeness (QED) is 0.476. The van der Waals surface area contributed by atoms with E-state index in [1.807, 2.05) is 0 Å². The fourth-order valence-corrected chi connectivity index (χ4v) is 2.22. The molecule has 0 aliphatic carbocycles. The number of hydrogen-bond donors (Lipinski definition) is 2. The molecule has 122 valence electrons. The minimum Gasteiger partial charge on any atom is -0.268 e. The molecule has 0 heterocycles. The zero-order valence-electron chi connectivity index (χ0n) is 12.2. The zero-order valence-corrected chi connectivity index (χ0v) is 13.8. The number of hydrazine groups is 1. The second-order valence-corrected chi connectivity index (χ2v) is 5.46. The topological polar surface area (TPSA) is 101 Å². The van der Waals surface area contributed by atoms with Crippen molar-refractivity contribution in [3.63, 3.8) is 0 Å². The van der Waals surface area contributed by atoms with Crippen molar-refractivity contribution in [2.45, 2.75) is 0 Å². The molecule has 0 bridgehead atoms. The summed E-state index contributed by atoms with van der Waals surface area (Å²) < 4.78 is 0.609. The number of nitro groups is 1. The maximum atomic E-state index is 11.9. The Hall–Kier alpha value is -3.00. The Morgan fingerprint density at radius 1 is 1.04 bits per heavy atom. The predicted octanol–water partition coefficient (Wildman–Crippen LogP) is 2.83. The smallest absolute Gasteiger partial charge is 0.268 e. The van der Waals surface area contributed by atoms with Crippen molar-refractivity contribution in [1.29, 1.82) is 0 Å². The Bertz CT molecular complexity index is 803. The van der Waals surface area contributed by atoms with Gasteiger partial charge >= 0.3 is 0 Å². The molecule has 0 fully saturated rings. The molecule has 0 saturated heterocycles. The monoisotopic (exact) mass is 389 g/mol. The van der Waals surface area contributed by atoms with E-state index < -0.39 is 16.7 Å². The number of rotatable bonds is 4. The number of amides is 2. The molecule has 0 aliphatic heterocycles. The number of nitro benzene ring substituents is 1. The molecule has 0 unspecified atom stereocenters. The van der Waals surface area contributed by atoms with Gasteiger partial charge in [-0.15, -0.1) is 0 Å². The molecule has 2 aromatic rings. The zero-order chi connectivity index (χ0) is 17.5. The molecule has 0 aromatic heterocycles. The van der Waals surface area contributed by atoms with Gasteiger partial charge in [-0.25, -0.2) is 0 Å². The molecular weight excluding hydrogens is 378 g/mol. The van der Waals surface area contributed by atoms with Gasteiger partial charge in [-0.05, 0) is 51.8 Å². The standard InChI is InChI=1S/C16H12BrN3O4/c17-14-4-2-1-3-13(14)16(22)19-18-15(21)10-7-11-5-8-12(9-6-11)20(23)24/h1-10H,(H,18,21)(H,19,22)/b10-7+. The molecule has 0 saturated carbocycles. The van der Waals surface area contributed by atoms with E-state index in [2.05, 4.69) is 26.8 Å². The molecule has 2 N–H and O–H groups in total. The van der Waals surface area contributed by atoms with Gasteiger partial charge in [0.05, 0.1) is 10.5 Å². The van der Waals surface area contributed by atoms with Crippen molar-refractivity contribution in [1.82, 2.24) is 10.9 Å². The summed E-state index contributed by atoms with van der Waals surface area (Å²) in [6.45, 7) is 0. The van der Waals surface area contributed by atoms with Gasteiger partial charge < -0.3 is 0 Å². The lowest BCUT2D eigenvalue weighted by molar-refractivity contribution is -0.384. The Balaban J connectivity index is 1.90. The van der Waals surface area contributed by atoms with Crippen molar-refractivity contribution >= 4 is 39.5 Å². The highest BCUT2D eigenvalue weighted by Gasteiger charge is 2.09. The van der Waals surface area contributed by atoms with Crippen LogP contribution >= 0.6 is 15.9 Å². The van der Waals surface area contributed by atoms with Crippen LogP contribution in [-0.4, -0.2) is 16.7 Å². The van der Waals surface area contributed by atoms with Crippen LogP contribution in [-0.2, 0) is 4.79 Å². The van der Waals surface area contributed by atoms with Crippen molar-refractivity contribution in [3.8, 4) is 0 Å². The second kappa shape index (κ2) is 8.02. The van der Waals surface area contributed by atoms with Crippen LogP contribution in [0.3, 0.4) is 0 Å². The van der Waals surface area contributed by atoms with Crippen LogP contribution in [0.5, 0.6) is 0 Å². The van der Waals surface area contributed by atoms with E-state index in [0.29, 0.717) is 15.6 Å². The lowest BCUT2D eigenvalue weighted by atomic mass is 10.2. The average Bonchev–Trinajstić information content (AvgIpc) is 2.58. The first kappa shape index (κ1) is 17.4. The highest BCUT2D eigenvalue weighted by Crippen LogP contribution is 2.15. The number of halogens is 1. The normalized spacial score (nSPS) is 10.4. The first-order chi connectivity index (χ1) is 11.5. The molecule has 0 spiro atoms. The van der Waals surface area contributed by atoms with E-state index >= 15 is 0 Å². The summed E-state index contributed by atoms with van der Waals surface area (Å²) in [5.41, 5.74) is 5.52. The lowest BCUT2D eigenvalue weighted by Gasteiger charge is -2.06. The number of nitrogens with one attached hydrogen (secondary N) is 2. The van der Waals surface area contributed by atoms with Crippen LogP contribution in [0, 0.1) is 10.1 Å². The third-order valence-corrected chi connectivity index (χ3v) is 3.64. The lowest BCUT2D eigenvalue weighted by Crippen LogP contribution is -2.40. The van der Waals surface area contributed by atoms with Crippen LogP contribution in [0.4, 0.5) is 5.69 Å². The molecule has 2 amide bonds. The predicted molar refractivity (Wildman–Crippen MR) is 91.9 cm³/mol. The largest absolute Gasteiger partial charge is 0.270 e. The SMILES string of the molecule is O=C(/C=C/c1ccc([N+](=O)[O-])cc1)NNC(=O)c1ccccc1Br. The average molecular weight is 390 g/mol. The first-order valence-electron chi connectivity index (χ1n) is 6.75. The van der Waals surface area contributed by atoms with Gasteiger partial charge in [-0.3, -0.25) is 30.6 Å². The van der Waals surface area contributed by atoms with Crippen LogP contribution in [0.1, 0.15) is 15.9 Å². The summed E-state index contributed by atoms with van der Waals surface area (Å²) >= 11 is 3.25. The van der Waals surface area contributed by atoms with Gasteiger partial charge in [0.25, 0.3) is 17.5 Å². The number of carbonyl (C=O) groups excluding carboxylic acids is 2. The third kappa shape index (κ3) is 4.75. The van der Waals surface area contributed by atoms with Crippen molar-refractivity contribution in [2.75, 3.05) is 0 Å². The van der Waals surface area contributed by atoms with Crippen LogP contribution in [0.2, 0.25) is 0 Å². The van der Waals surface area contributed by atoms with Gasteiger partial charge in [0.1, 0.15) is 0 Å². The Morgan fingerprint density at radius 3 is 2.33 bits per heavy atom. The molecule has 0 radical (unpaired) electrons. The number of benzene rings is 2. The molecule has 2 rings (SSSR count). The maximum absolute atomic E-state index is 11.9. The van der Waals surface area contributed by atoms with Crippen molar-refractivity contribution in [3.05, 3.63) is 80.3 Å². The molecule has 7 nitrogen and oxygen atoms in total. The van der Waals surface area contributed by atoms with Gasteiger partial charge in [0.2, 0.25) is 0 Å². The fourth-order valence-electron chi connectivity index (χ4n) is 1.75. The Kier molecular flexibility index (Phi) is 5.80. The summed E-state index contributed by atoms with van der Waals surface area (Å²) in [4.78, 5) is 33.6. The number of nitrogens with zero attached hydrogens (tertiary/aromatic N) is 1. The summed E-state index contributed by atoms with van der Waals surface area (Å²) in [6.07, 6.45) is 2.69. The first-order valence-corrected chi connectivity index (χ1v) is 7.54. The van der Waals surface area contributed by atoms with Crippen molar-refractivity contribution < 1.29 is 14.5 Å². The van der Waals surface area contributed by atoms with Gasteiger partial charge in [-0.2, -0.15) is 0 Å². The van der Waals surface area contributed by atoms with E-state index in [0.717, 1.165) is 0 Å². The van der Waals surface area contributed by atoms with E-state index in [1.54, 1.807) is 24.3 Å². The molecule has 24 heavy (non-hydrogen) atoms. The Morgan fingerprint density at radius 2 is 1.71 bits per heavy atom. The summed E-state index contributed by atoms with van der Waals surface area (Å²) in [5, 5.41) is 10.5. The Labute approximate surface area is 145 Å². The van der Waals surface area contributed by atoms with E-state index in [-0.39, 0.29) is 5.69 Å². The van der Waals surface area contributed by atoms with Gasteiger partial charge in [-0.1, -0.05) is 12.1 Å². The molecule has 2 aromatic carbocycles. The minimum absolute atomic E-state index is 0.0303. The van der Waals surface area contributed by atoms with E-state index in [4.69, 9.17) is 0 Å². The molecule has 0 aliphatic rings. The second-order valence-electron chi connectivity index (χ2n) is 4.61. The summed E-state index contributed by atoms with van der Waals surface area (Å²) in [7, 11) is 0. The molecule has 0 atom stereocenters. The van der Waals surface area contributed by atoms with Crippen LogP contribution < -0.4 is 10.9 Å². The minimum atomic E-state index is -0.534. The van der Waals surface area contributed by atoms with E-state index in [1.165, 1.54) is 36.4 Å². The van der Waals surface area contributed by atoms with E-state index in [9.17, 15) is 19.7 Å². The number of hydrogen-bond acceptors (Lipinski definition) is 4. The van der Waals surface area contributed by atoms with Crippen LogP contribution in [0.25, 0.3) is 6.08 Å². The highest BCUT2D eigenvalue weighted by atomic mass is 79.9. The summed E-state index contributed by atoms with van der Waals surface area (Å²) in [6, 6.07) is 12.5. The van der Waals surface area contributed by atoms with Gasteiger partial charge in [0.15, 0.2) is 0 Å². The van der Waals surface area contributed by atoms with Crippen molar-refractivity contribution in [2.24, 2.45) is 0 Å². The summed E-state index contributed by atoms with van der Waals surface area (Å²) in [5.74, 6) is -0.992. The van der Waals surface area contributed by atoms with Gasteiger partial charge in [0, 0.05) is 22.7 Å². The number of carbonyl (C=O) groups is 2. The highest BCUT2D eigenvalue weighted by molar-refractivity contribution is 9.10. The van der Waals surface area contributed by atoms with Crippen LogP contribution in [0.15, 0.2) is 59.1 Å². The maximum Gasteiger partial charge on any atom is 0.270 e. The molecular formula is C16H12BrN3O4. The number of non-ortho nitro benzene ring substituents is 1. The third-order valence-electron chi connectivity index (χ3n) is 2.95. The fraction of sp³-hybridized carbons (Fsp3) is 0. The molecule has 8 heteroatoms.